The second kappa shape index (κ2) is 10.2. The van der Waals surface area contributed by atoms with Crippen LogP contribution < -0.4 is 0 Å². The van der Waals surface area contributed by atoms with Gasteiger partial charge in [-0.2, -0.15) is 18.3 Å². The Labute approximate surface area is 212 Å². The van der Waals surface area contributed by atoms with Crippen LogP contribution in [0.15, 0.2) is 43.0 Å². The Morgan fingerprint density at radius 1 is 1.11 bits per heavy atom. The fraction of sp³-hybridized carbons (Fsp3) is 0.462. The van der Waals surface area contributed by atoms with E-state index in [1.807, 2.05) is 0 Å². The molecule has 1 unspecified atom stereocenters. The molecular weight excluding hydrogens is 485 g/mol. The van der Waals surface area contributed by atoms with Crippen molar-refractivity contribution in [3.05, 3.63) is 59.8 Å². The molecule has 2 saturated heterocycles. The molecule has 0 bridgehead atoms. The van der Waals surface area contributed by atoms with Crippen molar-refractivity contribution < 1.29 is 23.1 Å². The van der Waals surface area contributed by atoms with Gasteiger partial charge in [0.15, 0.2) is 0 Å². The van der Waals surface area contributed by atoms with E-state index in [4.69, 9.17) is 0 Å². The molecule has 4 heterocycles. The van der Waals surface area contributed by atoms with Crippen LogP contribution in [0.2, 0.25) is 0 Å². The van der Waals surface area contributed by atoms with Gasteiger partial charge in [-0.05, 0) is 57.4 Å². The molecule has 2 aromatic heterocycles. The van der Waals surface area contributed by atoms with E-state index in [2.05, 4.69) is 20.0 Å². The van der Waals surface area contributed by atoms with E-state index in [0.717, 1.165) is 44.4 Å². The van der Waals surface area contributed by atoms with Gasteiger partial charge in [0.25, 0.3) is 5.91 Å². The molecular formula is C26H29F3N6O2. The number of aliphatic hydroxyl groups is 1. The third-order valence-electron chi connectivity index (χ3n) is 7.44. The lowest BCUT2D eigenvalue weighted by atomic mass is 10.00. The van der Waals surface area contributed by atoms with Gasteiger partial charge < -0.3 is 10.0 Å². The lowest BCUT2D eigenvalue weighted by Crippen LogP contribution is -2.49. The molecule has 0 aliphatic carbocycles. The third kappa shape index (κ3) is 4.97. The molecule has 0 radical (unpaired) electrons. The van der Waals surface area contributed by atoms with Gasteiger partial charge in [0.05, 0.1) is 29.1 Å². The molecule has 1 aromatic carbocycles. The predicted octanol–water partition coefficient (Wildman–Crippen LogP) is 3.72. The van der Waals surface area contributed by atoms with Crippen LogP contribution in [-0.4, -0.2) is 78.9 Å². The quantitative estimate of drug-likeness (QED) is 0.559. The summed E-state index contributed by atoms with van der Waals surface area (Å²) >= 11 is 0. The zero-order valence-electron chi connectivity index (χ0n) is 20.5. The number of likely N-dealkylation sites (tertiary alicyclic amines) is 2. The van der Waals surface area contributed by atoms with Crippen molar-refractivity contribution in [2.75, 3.05) is 26.2 Å². The Hall–Kier alpha value is -3.31. The summed E-state index contributed by atoms with van der Waals surface area (Å²) in [4.78, 5) is 26.1. The molecule has 5 rings (SSSR count). The minimum absolute atomic E-state index is 0.148. The Balaban J connectivity index is 1.46. The molecule has 2 aliphatic rings. The average molecular weight is 515 g/mol. The summed E-state index contributed by atoms with van der Waals surface area (Å²) in [5.41, 5.74) is 1.06. The van der Waals surface area contributed by atoms with E-state index in [9.17, 15) is 23.1 Å². The minimum Gasteiger partial charge on any atom is -0.395 e. The van der Waals surface area contributed by atoms with E-state index >= 15 is 0 Å². The summed E-state index contributed by atoms with van der Waals surface area (Å²) in [6.07, 6.45) is 3.60. The van der Waals surface area contributed by atoms with Gasteiger partial charge in [0.2, 0.25) is 0 Å². The first kappa shape index (κ1) is 25.3. The standard InChI is InChI=1S/C26H29F3N6O2/c1-17-23(25(37)33-10-7-20(8-11-33)34-9-3-6-22(34)15-36)24(18-13-30-16-31-14-18)32-35(17)21-5-2-4-19(12-21)26(27,28)29/h2,4-5,12-14,16,20,22,36H,3,6-11,15H2,1H3. The number of hydrogen-bond donors (Lipinski definition) is 1. The van der Waals surface area contributed by atoms with Crippen molar-refractivity contribution in [1.29, 1.82) is 0 Å². The molecule has 8 nitrogen and oxygen atoms in total. The highest BCUT2D eigenvalue weighted by Crippen LogP contribution is 2.33. The Morgan fingerprint density at radius 3 is 2.51 bits per heavy atom. The smallest absolute Gasteiger partial charge is 0.395 e. The van der Waals surface area contributed by atoms with Gasteiger partial charge in [-0.3, -0.25) is 9.69 Å². The van der Waals surface area contributed by atoms with E-state index in [0.29, 0.717) is 41.6 Å². The number of rotatable bonds is 5. The largest absolute Gasteiger partial charge is 0.416 e. The Bertz CT molecular complexity index is 1250. The average Bonchev–Trinajstić information content (AvgIpc) is 3.53. The first-order chi connectivity index (χ1) is 17.8. The van der Waals surface area contributed by atoms with Gasteiger partial charge >= 0.3 is 6.18 Å². The highest BCUT2D eigenvalue weighted by Gasteiger charge is 2.35. The molecule has 11 heteroatoms. The number of aliphatic hydroxyl groups excluding tert-OH is 1. The number of aromatic nitrogens is 4. The number of piperidine rings is 1. The van der Waals surface area contributed by atoms with E-state index in [1.165, 1.54) is 35.5 Å². The summed E-state index contributed by atoms with van der Waals surface area (Å²) in [7, 11) is 0. The maximum absolute atomic E-state index is 13.8. The Morgan fingerprint density at radius 2 is 1.84 bits per heavy atom. The maximum atomic E-state index is 13.8. The Kier molecular flexibility index (Phi) is 7.00. The van der Waals surface area contributed by atoms with Gasteiger partial charge in [-0.25, -0.2) is 14.6 Å². The van der Waals surface area contributed by atoms with Crippen LogP contribution >= 0.6 is 0 Å². The zero-order chi connectivity index (χ0) is 26.2. The fourth-order valence-corrected chi connectivity index (χ4v) is 5.54. The highest BCUT2D eigenvalue weighted by molar-refractivity contribution is 6.01. The lowest BCUT2D eigenvalue weighted by Gasteiger charge is -2.39. The van der Waals surface area contributed by atoms with Crippen LogP contribution in [0.4, 0.5) is 13.2 Å². The predicted molar refractivity (Wildman–Crippen MR) is 130 cm³/mol. The molecule has 37 heavy (non-hydrogen) atoms. The molecule has 3 aromatic rings. The molecule has 2 fully saturated rings. The third-order valence-corrected chi connectivity index (χ3v) is 7.44. The van der Waals surface area contributed by atoms with Gasteiger partial charge in [0.1, 0.15) is 12.0 Å². The number of hydrogen-bond acceptors (Lipinski definition) is 6. The summed E-state index contributed by atoms with van der Waals surface area (Å²) in [5.74, 6) is -0.215. The monoisotopic (exact) mass is 514 g/mol. The molecule has 1 atom stereocenters. The first-order valence-corrected chi connectivity index (χ1v) is 12.5. The summed E-state index contributed by atoms with van der Waals surface area (Å²) in [5, 5.41) is 14.3. The molecule has 2 aliphatic heterocycles. The van der Waals surface area contributed by atoms with Gasteiger partial charge in [-0.15, -0.1) is 0 Å². The van der Waals surface area contributed by atoms with Crippen LogP contribution in [0.1, 0.15) is 47.3 Å². The number of halogens is 3. The van der Waals surface area contributed by atoms with Crippen LogP contribution in [-0.2, 0) is 6.18 Å². The number of amides is 1. The summed E-state index contributed by atoms with van der Waals surface area (Å²) in [6.45, 7) is 3.91. The summed E-state index contributed by atoms with van der Waals surface area (Å²) < 4.78 is 41.5. The number of nitrogens with zero attached hydrogens (tertiary/aromatic N) is 6. The van der Waals surface area contributed by atoms with Gasteiger partial charge in [-0.1, -0.05) is 6.07 Å². The zero-order valence-corrected chi connectivity index (χ0v) is 20.5. The number of alkyl halides is 3. The lowest BCUT2D eigenvalue weighted by molar-refractivity contribution is -0.137. The molecule has 1 amide bonds. The molecule has 0 saturated carbocycles. The van der Waals surface area contributed by atoms with Gasteiger partial charge in [0, 0.05) is 43.1 Å². The van der Waals surface area contributed by atoms with Crippen LogP contribution in [0.25, 0.3) is 16.9 Å². The molecule has 196 valence electrons. The molecule has 1 N–H and O–H groups in total. The minimum atomic E-state index is -4.50. The van der Waals surface area contributed by atoms with Crippen LogP contribution in [0.5, 0.6) is 0 Å². The van der Waals surface area contributed by atoms with Crippen LogP contribution in [0.3, 0.4) is 0 Å². The van der Waals surface area contributed by atoms with Crippen molar-refractivity contribution >= 4 is 5.91 Å². The highest BCUT2D eigenvalue weighted by atomic mass is 19.4. The number of carbonyl (C=O) groups is 1. The van der Waals surface area contributed by atoms with Crippen molar-refractivity contribution in [1.82, 2.24) is 29.5 Å². The number of carbonyl (C=O) groups excluding carboxylic acids is 1. The van der Waals surface area contributed by atoms with Crippen molar-refractivity contribution in [2.24, 2.45) is 0 Å². The second-order valence-electron chi connectivity index (χ2n) is 9.64. The first-order valence-electron chi connectivity index (χ1n) is 12.5. The maximum Gasteiger partial charge on any atom is 0.416 e. The topological polar surface area (TPSA) is 87.4 Å². The fourth-order valence-electron chi connectivity index (χ4n) is 5.54. The van der Waals surface area contributed by atoms with E-state index < -0.39 is 11.7 Å². The van der Waals surface area contributed by atoms with Crippen molar-refractivity contribution in [3.8, 4) is 16.9 Å². The van der Waals surface area contributed by atoms with Crippen LogP contribution in [0, 0.1) is 6.92 Å². The number of benzene rings is 1. The normalized spacial score (nSPS) is 19.5. The molecule has 0 spiro atoms. The van der Waals surface area contributed by atoms with Crippen molar-refractivity contribution in [3.63, 3.8) is 0 Å². The van der Waals surface area contributed by atoms with Crippen molar-refractivity contribution in [2.45, 2.75) is 50.9 Å². The van der Waals surface area contributed by atoms with E-state index in [-0.39, 0.29) is 24.2 Å². The van der Waals surface area contributed by atoms with E-state index in [1.54, 1.807) is 11.8 Å². The second-order valence-corrected chi connectivity index (χ2v) is 9.64. The SMILES string of the molecule is Cc1c(C(=O)N2CCC(N3CCCC3CO)CC2)c(-c2cncnc2)nn1-c1cccc(C(F)(F)F)c1. The summed E-state index contributed by atoms with van der Waals surface area (Å²) in [6, 6.07) is 5.40.